The fourth-order valence-electron chi connectivity index (χ4n) is 2.76. The van der Waals surface area contributed by atoms with Gasteiger partial charge in [-0.05, 0) is 31.8 Å². The molecule has 1 heterocycles. The number of halogens is 3. The molecular formula is C17H23F3N4O3. The van der Waals surface area contributed by atoms with Gasteiger partial charge in [-0.1, -0.05) is 6.92 Å². The Bertz CT molecular complexity index is 696. The van der Waals surface area contributed by atoms with Crippen molar-refractivity contribution in [3.8, 4) is 0 Å². The van der Waals surface area contributed by atoms with Crippen molar-refractivity contribution in [3.63, 3.8) is 0 Å². The molecule has 0 aliphatic carbocycles. The number of nitrogens with one attached hydrogen (secondary N) is 1. The van der Waals surface area contributed by atoms with Gasteiger partial charge in [-0.15, -0.1) is 0 Å². The van der Waals surface area contributed by atoms with Gasteiger partial charge in [0.1, 0.15) is 12.6 Å². The van der Waals surface area contributed by atoms with Crippen molar-refractivity contribution < 1.29 is 27.5 Å². The number of ether oxygens (including phenoxy) is 1. The lowest BCUT2D eigenvalue weighted by molar-refractivity contribution is -0.137. The SMILES string of the molecule is CCN(C)[C@@H](CN)C(=O)Nc1ccc(N2CCOCC2=O)cc1C(F)(F)F. The van der Waals surface area contributed by atoms with E-state index < -0.39 is 29.6 Å². The second-order valence-corrected chi connectivity index (χ2v) is 6.14. The largest absolute Gasteiger partial charge is 0.418 e. The van der Waals surface area contributed by atoms with Crippen LogP contribution in [0, 0.1) is 0 Å². The first kappa shape index (κ1) is 21.1. The van der Waals surface area contributed by atoms with E-state index in [-0.39, 0.29) is 37.7 Å². The van der Waals surface area contributed by atoms with Gasteiger partial charge in [0.15, 0.2) is 0 Å². The summed E-state index contributed by atoms with van der Waals surface area (Å²) in [5.41, 5.74) is 4.29. The van der Waals surface area contributed by atoms with Crippen LogP contribution in [0.1, 0.15) is 12.5 Å². The van der Waals surface area contributed by atoms with Gasteiger partial charge in [-0.25, -0.2) is 0 Å². The first-order valence-electron chi connectivity index (χ1n) is 8.49. The van der Waals surface area contributed by atoms with E-state index in [1.807, 2.05) is 6.92 Å². The average Bonchev–Trinajstić information content (AvgIpc) is 2.62. The Morgan fingerprint density at radius 3 is 2.70 bits per heavy atom. The molecule has 1 aromatic rings. The summed E-state index contributed by atoms with van der Waals surface area (Å²) in [6, 6.07) is 2.63. The van der Waals surface area contributed by atoms with Gasteiger partial charge in [0, 0.05) is 18.8 Å². The zero-order valence-corrected chi connectivity index (χ0v) is 15.2. The predicted molar refractivity (Wildman–Crippen MR) is 94.4 cm³/mol. The number of nitrogens with two attached hydrogens (primary N) is 1. The number of benzene rings is 1. The van der Waals surface area contributed by atoms with Crippen molar-refractivity contribution in [2.75, 3.05) is 50.1 Å². The molecule has 10 heteroatoms. The molecule has 1 fully saturated rings. The normalized spacial score (nSPS) is 16.6. The van der Waals surface area contributed by atoms with Crippen LogP contribution in [0.3, 0.4) is 0 Å². The third kappa shape index (κ3) is 4.96. The molecule has 1 aliphatic rings. The molecule has 0 radical (unpaired) electrons. The molecule has 0 unspecified atom stereocenters. The molecular weight excluding hydrogens is 365 g/mol. The van der Waals surface area contributed by atoms with E-state index in [4.69, 9.17) is 10.5 Å². The van der Waals surface area contributed by atoms with E-state index in [0.29, 0.717) is 6.54 Å². The summed E-state index contributed by atoms with van der Waals surface area (Å²) in [7, 11) is 1.66. The molecule has 2 rings (SSSR count). The third-order valence-corrected chi connectivity index (χ3v) is 4.42. The quantitative estimate of drug-likeness (QED) is 0.767. The van der Waals surface area contributed by atoms with Crippen LogP contribution in [0.2, 0.25) is 0 Å². The highest BCUT2D eigenvalue weighted by Crippen LogP contribution is 2.37. The van der Waals surface area contributed by atoms with Gasteiger partial charge in [-0.2, -0.15) is 13.2 Å². The Kier molecular flexibility index (Phi) is 6.79. The summed E-state index contributed by atoms with van der Waals surface area (Å²) in [6.07, 6.45) is -4.71. The number of rotatable bonds is 6. The van der Waals surface area contributed by atoms with Gasteiger partial charge in [0.25, 0.3) is 5.91 Å². The minimum absolute atomic E-state index is 0.0299. The standard InChI is InChI=1S/C17H23F3N4O3/c1-3-23(2)14(9-21)16(26)22-13-5-4-11(8-12(13)17(18,19)20)24-6-7-27-10-15(24)25/h4-5,8,14H,3,6-7,9-10,21H2,1-2H3,(H,22,26)/t14-/m0/s1. The highest BCUT2D eigenvalue weighted by atomic mass is 19.4. The van der Waals surface area contributed by atoms with E-state index in [0.717, 1.165) is 12.1 Å². The Morgan fingerprint density at radius 1 is 1.44 bits per heavy atom. The fourth-order valence-corrected chi connectivity index (χ4v) is 2.76. The Balaban J connectivity index is 2.33. The lowest BCUT2D eigenvalue weighted by Gasteiger charge is -2.28. The molecule has 1 aliphatic heterocycles. The monoisotopic (exact) mass is 388 g/mol. The van der Waals surface area contributed by atoms with Crippen molar-refractivity contribution in [1.82, 2.24) is 4.90 Å². The number of nitrogens with zero attached hydrogens (tertiary/aromatic N) is 2. The van der Waals surface area contributed by atoms with Gasteiger partial charge in [0.2, 0.25) is 5.91 Å². The maximum absolute atomic E-state index is 13.5. The zero-order chi connectivity index (χ0) is 20.2. The Hall–Kier alpha value is -2.17. The maximum atomic E-state index is 13.5. The second-order valence-electron chi connectivity index (χ2n) is 6.14. The van der Waals surface area contributed by atoms with Gasteiger partial charge in [0.05, 0.1) is 17.9 Å². The number of morpholine rings is 1. The molecule has 3 N–H and O–H groups in total. The van der Waals surface area contributed by atoms with Crippen LogP contribution >= 0.6 is 0 Å². The summed E-state index contributed by atoms with van der Waals surface area (Å²) in [6.45, 7) is 2.52. The average molecular weight is 388 g/mol. The van der Waals surface area contributed by atoms with Crippen LogP contribution in [-0.2, 0) is 20.5 Å². The van der Waals surface area contributed by atoms with E-state index in [1.165, 1.54) is 11.0 Å². The number of hydrogen-bond acceptors (Lipinski definition) is 5. The summed E-state index contributed by atoms with van der Waals surface area (Å²) < 4.78 is 45.6. The molecule has 7 nitrogen and oxygen atoms in total. The Labute approximate surface area is 155 Å². The van der Waals surface area contributed by atoms with Crippen molar-refractivity contribution in [1.29, 1.82) is 0 Å². The zero-order valence-electron chi connectivity index (χ0n) is 15.2. The first-order valence-corrected chi connectivity index (χ1v) is 8.49. The van der Waals surface area contributed by atoms with Crippen LogP contribution < -0.4 is 16.0 Å². The molecule has 0 spiro atoms. The Morgan fingerprint density at radius 2 is 2.15 bits per heavy atom. The molecule has 1 atom stereocenters. The maximum Gasteiger partial charge on any atom is 0.418 e. The molecule has 0 bridgehead atoms. The number of carbonyl (C=O) groups excluding carboxylic acids is 2. The molecule has 1 aromatic carbocycles. The number of amides is 2. The molecule has 0 aromatic heterocycles. The van der Waals surface area contributed by atoms with Crippen molar-refractivity contribution >= 4 is 23.2 Å². The predicted octanol–water partition coefficient (Wildman–Crippen LogP) is 1.29. The minimum Gasteiger partial charge on any atom is -0.370 e. The summed E-state index contributed by atoms with van der Waals surface area (Å²) >= 11 is 0. The summed E-state index contributed by atoms with van der Waals surface area (Å²) in [4.78, 5) is 27.1. The number of likely N-dealkylation sites (N-methyl/N-ethyl adjacent to an activating group) is 1. The summed E-state index contributed by atoms with van der Waals surface area (Å²) in [5, 5.41) is 2.32. The third-order valence-electron chi connectivity index (χ3n) is 4.42. The summed E-state index contributed by atoms with van der Waals surface area (Å²) in [5.74, 6) is -1.04. The number of alkyl halides is 3. The van der Waals surface area contributed by atoms with E-state index in [1.54, 1.807) is 11.9 Å². The molecule has 150 valence electrons. The fraction of sp³-hybridized carbons (Fsp3) is 0.529. The number of hydrogen-bond donors (Lipinski definition) is 2. The molecule has 1 saturated heterocycles. The molecule has 27 heavy (non-hydrogen) atoms. The van der Waals surface area contributed by atoms with E-state index >= 15 is 0 Å². The van der Waals surface area contributed by atoms with Crippen molar-refractivity contribution in [2.24, 2.45) is 5.73 Å². The minimum atomic E-state index is -4.71. The molecule has 2 amide bonds. The van der Waals surface area contributed by atoms with Gasteiger partial charge < -0.3 is 20.7 Å². The van der Waals surface area contributed by atoms with E-state index in [9.17, 15) is 22.8 Å². The first-order chi connectivity index (χ1) is 12.7. The molecule has 0 saturated carbocycles. The lowest BCUT2D eigenvalue weighted by Crippen LogP contribution is -2.46. The van der Waals surface area contributed by atoms with Crippen molar-refractivity contribution in [3.05, 3.63) is 23.8 Å². The van der Waals surface area contributed by atoms with Gasteiger partial charge in [-0.3, -0.25) is 14.5 Å². The highest BCUT2D eigenvalue weighted by Gasteiger charge is 2.36. The van der Waals surface area contributed by atoms with Crippen LogP contribution in [0.4, 0.5) is 24.5 Å². The number of anilines is 2. The van der Waals surface area contributed by atoms with Crippen LogP contribution in [0.15, 0.2) is 18.2 Å². The highest BCUT2D eigenvalue weighted by molar-refractivity contribution is 5.97. The topological polar surface area (TPSA) is 87.9 Å². The smallest absolute Gasteiger partial charge is 0.370 e. The van der Waals surface area contributed by atoms with Crippen LogP contribution in [0.25, 0.3) is 0 Å². The second kappa shape index (κ2) is 8.68. The van der Waals surface area contributed by atoms with Crippen molar-refractivity contribution in [2.45, 2.75) is 19.1 Å². The van der Waals surface area contributed by atoms with Crippen LogP contribution in [0.5, 0.6) is 0 Å². The number of carbonyl (C=O) groups is 2. The van der Waals surface area contributed by atoms with E-state index in [2.05, 4.69) is 5.32 Å². The van der Waals surface area contributed by atoms with Crippen LogP contribution in [-0.4, -0.2) is 62.7 Å². The lowest BCUT2D eigenvalue weighted by atomic mass is 10.1. The van der Waals surface area contributed by atoms with Gasteiger partial charge >= 0.3 is 6.18 Å².